The van der Waals surface area contributed by atoms with E-state index in [0.717, 1.165) is 18.2 Å². The van der Waals surface area contributed by atoms with E-state index in [1.54, 1.807) is 48.5 Å². The first-order valence-electron chi connectivity index (χ1n) is 8.36. The standard InChI is InChI=1S/C20H15BrClFN2O3S/c21-16-6-2-4-8-19(16)25-20(26)15-11-14(9-10-18(15)23)29(27,28)24-12-13-5-1-3-7-17(13)22/h1-11,24H,12H2,(H,25,26). The van der Waals surface area contributed by atoms with Gasteiger partial charge in [-0.05, 0) is 57.9 Å². The summed E-state index contributed by atoms with van der Waals surface area (Å²) in [5.41, 5.74) is 0.634. The molecule has 0 bridgehead atoms. The number of anilines is 1. The van der Waals surface area contributed by atoms with E-state index >= 15 is 0 Å². The predicted molar refractivity (Wildman–Crippen MR) is 114 cm³/mol. The first kappa shape index (κ1) is 21.4. The van der Waals surface area contributed by atoms with Crippen LogP contribution < -0.4 is 10.0 Å². The molecule has 0 saturated heterocycles. The molecule has 0 spiro atoms. The molecular weight excluding hydrogens is 483 g/mol. The summed E-state index contributed by atoms with van der Waals surface area (Å²) in [6, 6.07) is 16.6. The Bertz CT molecular complexity index is 1170. The summed E-state index contributed by atoms with van der Waals surface area (Å²) in [7, 11) is -3.99. The molecule has 0 fully saturated rings. The summed E-state index contributed by atoms with van der Waals surface area (Å²) in [4.78, 5) is 12.3. The third kappa shape index (κ3) is 5.22. The van der Waals surface area contributed by atoms with Crippen molar-refractivity contribution in [1.82, 2.24) is 4.72 Å². The second-order valence-electron chi connectivity index (χ2n) is 5.99. The lowest BCUT2D eigenvalue weighted by Crippen LogP contribution is -2.24. The molecule has 29 heavy (non-hydrogen) atoms. The SMILES string of the molecule is O=C(Nc1ccccc1Br)c1cc(S(=O)(=O)NCc2ccccc2Cl)ccc1F. The van der Waals surface area contributed by atoms with E-state index in [-0.39, 0.29) is 17.0 Å². The molecule has 0 unspecified atom stereocenters. The van der Waals surface area contributed by atoms with Gasteiger partial charge in [-0.15, -0.1) is 0 Å². The predicted octanol–water partition coefficient (Wildman–Crippen LogP) is 4.97. The van der Waals surface area contributed by atoms with E-state index in [1.165, 1.54) is 0 Å². The lowest BCUT2D eigenvalue weighted by Gasteiger charge is -2.11. The van der Waals surface area contributed by atoms with E-state index in [0.29, 0.717) is 20.7 Å². The van der Waals surface area contributed by atoms with Crippen molar-refractivity contribution in [2.45, 2.75) is 11.4 Å². The van der Waals surface area contributed by atoms with Crippen molar-refractivity contribution in [2.75, 3.05) is 5.32 Å². The molecule has 2 N–H and O–H groups in total. The van der Waals surface area contributed by atoms with Crippen LogP contribution in [0, 0.1) is 5.82 Å². The number of carbonyl (C=O) groups is 1. The molecule has 0 atom stereocenters. The van der Waals surface area contributed by atoms with E-state index in [4.69, 9.17) is 11.6 Å². The number of carbonyl (C=O) groups excluding carboxylic acids is 1. The summed E-state index contributed by atoms with van der Waals surface area (Å²) >= 11 is 9.32. The average Bonchev–Trinajstić information content (AvgIpc) is 2.69. The fourth-order valence-electron chi connectivity index (χ4n) is 2.50. The van der Waals surface area contributed by atoms with Gasteiger partial charge in [-0.2, -0.15) is 0 Å². The molecule has 0 aliphatic carbocycles. The molecule has 5 nitrogen and oxygen atoms in total. The number of nitrogens with one attached hydrogen (secondary N) is 2. The molecule has 1 amide bonds. The monoisotopic (exact) mass is 496 g/mol. The van der Waals surface area contributed by atoms with E-state index in [1.807, 2.05) is 0 Å². The van der Waals surface area contributed by atoms with Crippen LogP contribution in [0.1, 0.15) is 15.9 Å². The van der Waals surface area contributed by atoms with Crippen molar-refractivity contribution in [3.8, 4) is 0 Å². The molecule has 150 valence electrons. The Kier molecular flexibility index (Phi) is 6.69. The Morgan fingerprint density at radius 2 is 1.72 bits per heavy atom. The summed E-state index contributed by atoms with van der Waals surface area (Å²) < 4.78 is 42.4. The Labute approximate surface area is 181 Å². The molecule has 9 heteroatoms. The number of hydrogen-bond donors (Lipinski definition) is 2. The van der Waals surface area contributed by atoms with Crippen molar-refractivity contribution in [2.24, 2.45) is 0 Å². The Hall–Kier alpha value is -2.26. The second kappa shape index (κ2) is 9.04. The summed E-state index contributed by atoms with van der Waals surface area (Å²) in [5, 5.41) is 2.97. The van der Waals surface area contributed by atoms with Crippen molar-refractivity contribution >= 4 is 49.1 Å². The number of para-hydroxylation sites is 1. The van der Waals surface area contributed by atoms with Crippen LogP contribution in [-0.2, 0) is 16.6 Å². The normalized spacial score (nSPS) is 11.3. The number of halogens is 3. The molecule has 3 rings (SSSR count). The zero-order valence-electron chi connectivity index (χ0n) is 14.8. The minimum Gasteiger partial charge on any atom is -0.321 e. The Morgan fingerprint density at radius 3 is 2.45 bits per heavy atom. The molecule has 0 aliphatic rings. The molecule has 0 radical (unpaired) electrons. The van der Waals surface area contributed by atoms with Crippen LogP contribution in [0.25, 0.3) is 0 Å². The van der Waals surface area contributed by atoms with Crippen LogP contribution in [0.2, 0.25) is 5.02 Å². The molecule has 0 aliphatic heterocycles. The minimum absolute atomic E-state index is 0.0438. The van der Waals surface area contributed by atoms with Gasteiger partial charge in [0.1, 0.15) is 5.82 Å². The zero-order valence-corrected chi connectivity index (χ0v) is 18.0. The maximum Gasteiger partial charge on any atom is 0.258 e. The summed E-state index contributed by atoms with van der Waals surface area (Å²) in [6.07, 6.45) is 0. The van der Waals surface area contributed by atoms with Gasteiger partial charge in [0.25, 0.3) is 5.91 Å². The topological polar surface area (TPSA) is 75.3 Å². The van der Waals surface area contributed by atoms with Gasteiger partial charge in [0.15, 0.2) is 0 Å². The van der Waals surface area contributed by atoms with Crippen LogP contribution in [0.15, 0.2) is 76.1 Å². The first-order valence-corrected chi connectivity index (χ1v) is 11.0. The molecule has 0 saturated carbocycles. The number of amides is 1. The van der Waals surface area contributed by atoms with Crippen LogP contribution in [-0.4, -0.2) is 14.3 Å². The zero-order chi connectivity index (χ0) is 21.0. The Morgan fingerprint density at radius 1 is 1.03 bits per heavy atom. The molecular formula is C20H15BrClFN2O3S. The van der Waals surface area contributed by atoms with Gasteiger partial charge in [-0.25, -0.2) is 17.5 Å². The fourth-order valence-corrected chi connectivity index (χ4v) is 4.11. The van der Waals surface area contributed by atoms with Crippen LogP contribution in [0.3, 0.4) is 0 Å². The highest BCUT2D eigenvalue weighted by molar-refractivity contribution is 9.10. The highest BCUT2D eigenvalue weighted by atomic mass is 79.9. The number of sulfonamides is 1. The second-order valence-corrected chi connectivity index (χ2v) is 9.02. The van der Waals surface area contributed by atoms with Gasteiger partial charge in [0, 0.05) is 16.0 Å². The molecule has 3 aromatic carbocycles. The van der Waals surface area contributed by atoms with Gasteiger partial charge in [0.2, 0.25) is 10.0 Å². The van der Waals surface area contributed by atoms with E-state index < -0.39 is 21.7 Å². The molecule has 0 heterocycles. The highest BCUT2D eigenvalue weighted by Crippen LogP contribution is 2.23. The lowest BCUT2D eigenvalue weighted by atomic mass is 10.2. The summed E-state index contributed by atoms with van der Waals surface area (Å²) in [6.45, 7) is -0.0438. The third-order valence-corrected chi connectivity index (χ3v) is 6.48. The quantitative estimate of drug-likeness (QED) is 0.505. The van der Waals surface area contributed by atoms with Crippen molar-refractivity contribution in [1.29, 1.82) is 0 Å². The number of benzene rings is 3. The first-order chi connectivity index (χ1) is 13.8. The van der Waals surface area contributed by atoms with E-state index in [2.05, 4.69) is 26.0 Å². The van der Waals surface area contributed by atoms with Gasteiger partial charge in [-0.1, -0.05) is 41.9 Å². The van der Waals surface area contributed by atoms with Gasteiger partial charge in [-0.3, -0.25) is 4.79 Å². The maximum absolute atomic E-state index is 14.2. The Balaban J connectivity index is 1.83. The summed E-state index contributed by atoms with van der Waals surface area (Å²) in [5.74, 6) is -1.60. The highest BCUT2D eigenvalue weighted by Gasteiger charge is 2.20. The van der Waals surface area contributed by atoms with E-state index in [9.17, 15) is 17.6 Å². The van der Waals surface area contributed by atoms with Crippen molar-refractivity contribution < 1.29 is 17.6 Å². The van der Waals surface area contributed by atoms with Crippen molar-refractivity contribution in [3.63, 3.8) is 0 Å². The smallest absolute Gasteiger partial charge is 0.258 e. The van der Waals surface area contributed by atoms with Gasteiger partial charge < -0.3 is 5.32 Å². The fraction of sp³-hybridized carbons (Fsp3) is 0.0500. The van der Waals surface area contributed by atoms with Gasteiger partial charge in [0.05, 0.1) is 16.1 Å². The lowest BCUT2D eigenvalue weighted by molar-refractivity contribution is 0.102. The molecule has 3 aromatic rings. The van der Waals surface area contributed by atoms with Crippen LogP contribution in [0.4, 0.5) is 10.1 Å². The average molecular weight is 498 g/mol. The van der Waals surface area contributed by atoms with Crippen molar-refractivity contribution in [3.05, 3.63) is 93.2 Å². The van der Waals surface area contributed by atoms with Crippen LogP contribution in [0.5, 0.6) is 0 Å². The minimum atomic E-state index is -3.99. The largest absolute Gasteiger partial charge is 0.321 e. The third-order valence-electron chi connectivity index (χ3n) is 4.03. The van der Waals surface area contributed by atoms with Gasteiger partial charge >= 0.3 is 0 Å². The number of rotatable bonds is 6. The molecule has 0 aromatic heterocycles. The number of hydrogen-bond acceptors (Lipinski definition) is 3. The van der Waals surface area contributed by atoms with Crippen LogP contribution >= 0.6 is 27.5 Å². The maximum atomic E-state index is 14.2.